The van der Waals surface area contributed by atoms with E-state index in [1.165, 1.54) is 0 Å². The fourth-order valence-electron chi connectivity index (χ4n) is 3.95. The Morgan fingerprint density at radius 1 is 0.971 bits per heavy atom. The minimum atomic E-state index is -1.000. The molecule has 1 saturated carbocycles. The minimum Gasteiger partial charge on any atom is -0.481 e. The number of nitrogens with one attached hydrogen (secondary N) is 4. The zero-order chi connectivity index (χ0) is 25.4. The molecule has 0 bridgehead atoms. The number of hydrogen-bond acceptors (Lipinski definition) is 5. The van der Waals surface area contributed by atoms with Crippen molar-refractivity contribution in [2.24, 2.45) is 11.7 Å². The third-order valence-corrected chi connectivity index (χ3v) is 5.96. The van der Waals surface area contributed by atoms with Crippen LogP contribution >= 0.6 is 0 Å². The predicted molar refractivity (Wildman–Crippen MR) is 133 cm³/mol. The number of hydrogen-bond donors (Lipinski definition) is 6. The van der Waals surface area contributed by atoms with Crippen molar-refractivity contribution in [2.45, 2.75) is 51.1 Å². The number of urea groups is 1. The maximum atomic E-state index is 12.7. The molecule has 2 aromatic carbocycles. The van der Waals surface area contributed by atoms with Gasteiger partial charge in [0.15, 0.2) is 0 Å². The van der Waals surface area contributed by atoms with Crippen LogP contribution in [-0.4, -0.2) is 41.0 Å². The Kier molecular flexibility index (Phi) is 8.80. The van der Waals surface area contributed by atoms with Gasteiger partial charge in [-0.05, 0) is 68.5 Å². The lowest BCUT2D eigenvalue weighted by molar-refractivity contribution is -0.137. The van der Waals surface area contributed by atoms with Gasteiger partial charge in [-0.25, -0.2) is 4.79 Å². The first kappa shape index (κ1) is 25.7. The number of nitrogens with two attached hydrogens (primary N) is 1. The normalized spacial score (nSPS) is 17.8. The molecule has 0 aliphatic heterocycles. The van der Waals surface area contributed by atoms with Gasteiger partial charge in [0.2, 0.25) is 11.8 Å². The van der Waals surface area contributed by atoms with Gasteiger partial charge in [0.05, 0.1) is 6.04 Å². The molecule has 0 aromatic heterocycles. The smallest absolute Gasteiger partial charge is 0.323 e. The summed E-state index contributed by atoms with van der Waals surface area (Å²) in [6.07, 6.45) is 1.66. The average molecular weight is 482 g/mol. The lowest BCUT2D eigenvalue weighted by Gasteiger charge is -2.17. The number of carbonyl (C=O) groups excluding carboxylic acids is 3. The Bertz CT molecular complexity index is 1070. The number of carbonyl (C=O) groups is 4. The van der Waals surface area contributed by atoms with E-state index in [9.17, 15) is 19.2 Å². The van der Waals surface area contributed by atoms with Gasteiger partial charge in [-0.2, -0.15) is 0 Å². The van der Waals surface area contributed by atoms with Crippen LogP contribution in [0.3, 0.4) is 0 Å². The monoisotopic (exact) mass is 481 g/mol. The molecule has 0 radical (unpaired) electrons. The molecule has 0 spiro atoms. The van der Waals surface area contributed by atoms with Crippen LogP contribution in [0.15, 0.2) is 48.5 Å². The van der Waals surface area contributed by atoms with E-state index < -0.39 is 17.9 Å². The number of rotatable bonds is 9. The summed E-state index contributed by atoms with van der Waals surface area (Å²) in [4.78, 5) is 47.7. The summed E-state index contributed by atoms with van der Waals surface area (Å²) in [6, 6.07) is 12.9. The fourth-order valence-corrected chi connectivity index (χ4v) is 3.95. The van der Waals surface area contributed by atoms with E-state index in [2.05, 4.69) is 21.3 Å². The summed E-state index contributed by atoms with van der Waals surface area (Å²) in [5.41, 5.74) is 8.60. The van der Waals surface area contributed by atoms with Gasteiger partial charge in [-0.15, -0.1) is 0 Å². The summed E-state index contributed by atoms with van der Waals surface area (Å²) in [7, 11) is 0. The van der Waals surface area contributed by atoms with Gasteiger partial charge in [0.1, 0.15) is 0 Å². The van der Waals surface area contributed by atoms with E-state index in [-0.39, 0.29) is 36.7 Å². The summed E-state index contributed by atoms with van der Waals surface area (Å²) < 4.78 is 0. The second-order valence-corrected chi connectivity index (χ2v) is 8.72. The molecule has 0 saturated heterocycles. The van der Waals surface area contributed by atoms with Crippen LogP contribution in [0.25, 0.3) is 0 Å². The fraction of sp³-hybridized carbons (Fsp3) is 0.360. The van der Waals surface area contributed by atoms with Crippen LogP contribution in [-0.2, 0) is 14.4 Å². The van der Waals surface area contributed by atoms with Gasteiger partial charge in [0.25, 0.3) is 0 Å². The van der Waals surface area contributed by atoms with Crippen molar-refractivity contribution in [3.63, 3.8) is 0 Å². The molecule has 0 unspecified atom stereocenters. The largest absolute Gasteiger partial charge is 0.481 e. The van der Waals surface area contributed by atoms with Crippen molar-refractivity contribution in [1.82, 2.24) is 5.32 Å². The molecule has 186 valence electrons. The SMILES string of the molecule is Cc1ccccc1NC(=O)Nc1ccc(NC(=O)[C@@H]2CC[C@H](NC(=O)[C@@H](N)CCC(=O)O)C2)cc1. The van der Waals surface area contributed by atoms with E-state index >= 15 is 0 Å². The molecule has 10 nitrogen and oxygen atoms in total. The molecule has 1 aliphatic carbocycles. The lowest BCUT2D eigenvalue weighted by Crippen LogP contribution is -2.45. The summed E-state index contributed by atoms with van der Waals surface area (Å²) in [5, 5.41) is 19.9. The van der Waals surface area contributed by atoms with Gasteiger partial charge in [-0.3, -0.25) is 14.4 Å². The van der Waals surface area contributed by atoms with E-state index in [4.69, 9.17) is 10.8 Å². The third-order valence-electron chi connectivity index (χ3n) is 5.96. The highest BCUT2D eigenvalue weighted by Gasteiger charge is 2.31. The van der Waals surface area contributed by atoms with Crippen molar-refractivity contribution in [2.75, 3.05) is 16.0 Å². The van der Waals surface area contributed by atoms with Crippen molar-refractivity contribution in [1.29, 1.82) is 0 Å². The Morgan fingerprint density at radius 3 is 2.29 bits per heavy atom. The first-order chi connectivity index (χ1) is 16.7. The standard InChI is InChI=1S/C25H31N5O5/c1-15-4-2-3-5-21(15)30-25(35)29-18-10-8-17(9-11-18)27-23(33)16-6-7-19(14-16)28-24(34)20(26)12-13-22(31)32/h2-5,8-11,16,19-20H,6-7,12-14,26H2,1H3,(H,27,33)(H,28,34)(H,31,32)(H2,29,30,35)/t16-,19+,20+/m1/s1. The average Bonchev–Trinajstić information content (AvgIpc) is 3.29. The minimum absolute atomic E-state index is 0.0657. The topological polar surface area (TPSA) is 163 Å². The van der Waals surface area contributed by atoms with Crippen molar-refractivity contribution < 1.29 is 24.3 Å². The Hall–Kier alpha value is -3.92. The van der Waals surface area contributed by atoms with Crippen LogP contribution < -0.4 is 27.0 Å². The molecular formula is C25H31N5O5. The van der Waals surface area contributed by atoms with Crippen molar-refractivity contribution >= 4 is 40.9 Å². The molecule has 1 aliphatic rings. The molecule has 4 amide bonds. The molecule has 35 heavy (non-hydrogen) atoms. The predicted octanol–water partition coefficient (Wildman–Crippen LogP) is 3.05. The van der Waals surface area contributed by atoms with Gasteiger partial charge in [-0.1, -0.05) is 18.2 Å². The summed E-state index contributed by atoms with van der Waals surface area (Å²) >= 11 is 0. The maximum absolute atomic E-state index is 12.7. The molecular weight excluding hydrogens is 450 g/mol. The number of anilines is 3. The van der Waals surface area contributed by atoms with Crippen LogP contribution in [0, 0.1) is 12.8 Å². The lowest BCUT2D eigenvalue weighted by atomic mass is 10.1. The number of carboxylic acids is 1. The highest BCUT2D eigenvalue weighted by molar-refractivity contribution is 6.00. The Balaban J connectivity index is 1.44. The van der Waals surface area contributed by atoms with Crippen LogP contribution in [0.1, 0.15) is 37.7 Å². The molecule has 7 N–H and O–H groups in total. The zero-order valence-corrected chi connectivity index (χ0v) is 19.5. The number of para-hydroxylation sites is 1. The Labute approximate surface area is 203 Å². The molecule has 10 heteroatoms. The third kappa shape index (κ3) is 7.82. The highest BCUT2D eigenvalue weighted by Crippen LogP contribution is 2.27. The number of benzene rings is 2. The zero-order valence-electron chi connectivity index (χ0n) is 19.5. The quantitative estimate of drug-likeness (QED) is 0.322. The number of carboxylic acid groups (broad SMARTS) is 1. The first-order valence-corrected chi connectivity index (χ1v) is 11.5. The molecule has 3 rings (SSSR count). The van der Waals surface area contributed by atoms with Crippen LogP contribution in [0.5, 0.6) is 0 Å². The first-order valence-electron chi connectivity index (χ1n) is 11.5. The second kappa shape index (κ2) is 12.0. The molecule has 0 heterocycles. The number of aliphatic carboxylic acids is 1. The second-order valence-electron chi connectivity index (χ2n) is 8.72. The number of amides is 4. The van der Waals surface area contributed by atoms with Gasteiger partial charge in [0, 0.05) is 35.4 Å². The molecule has 2 aromatic rings. The number of aryl methyl sites for hydroxylation is 1. The van der Waals surface area contributed by atoms with Crippen molar-refractivity contribution in [3.05, 3.63) is 54.1 Å². The van der Waals surface area contributed by atoms with E-state index in [0.717, 1.165) is 11.3 Å². The maximum Gasteiger partial charge on any atom is 0.323 e. The van der Waals surface area contributed by atoms with E-state index in [0.29, 0.717) is 30.6 Å². The summed E-state index contributed by atoms with van der Waals surface area (Å²) in [5.74, 6) is -1.80. The molecule has 3 atom stereocenters. The molecule has 1 fully saturated rings. The van der Waals surface area contributed by atoms with Gasteiger partial charge >= 0.3 is 12.0 Å². The van der Waals surface area contributed by atoms with Crippen molar-refractivity contribution in [3.8, 4) is 0 Å². The van der Waals surface area contributed by atoms with E-state index in [1.807, 2.05) is 31.2 Å². The van der Waals surface area contributed by atoms with E-state index in [1.54, 1.807) is 24.3 Å². The van der Waals surface area contributed by atoms with Gasteiger partial charge < -0.3 is 32.1 Å². The highest BCUT2D eigenvalue weighted by atomic mass is 16.4. The summed E-state index contributed by atoms with van der Waals surface area (Å²) in [6.45, 7) is 1.91. The van der Waals surface area contributed by atoms with Crippen LogP contribution in [0.4, 0.5) is 21.9 Å². The Morgan fingerprint density at radius 2 is 1.63 bits per heavy atom. The van der Waals surface area contributed by atoms with Crippen LogP contribution in [0.2, 0.25) is 0 Å².